The summed E-state index contributed by atoms with van der Waals surface area (Å²) in [4.78, 5) is 0. The molecule has 0 fully saturated rings. The van der Waals surface area contributed by atoms with Crippen molar-refractivity contribution < 1.29 is 0 Å². The Morgan fingerprint density at radius 1 is 0.696 bits per heavy atom. The fourth-order valence-electron chi connectivity index (χ4n) is 2.86. The maximum atomic E-state index is 3.20. The molecule has 0 heterocycles. The Bertz CT molecular complexity index is 557. The molecular weight excluding hydrogens is 280 g/mol. The zero-order valence-corrected chi connectivity index (χ0v) is 14.7. The lowest BCUT2D eigenvalue weighted by molar-refractivity contribution is 0.754. The van der Waals surface area contributed by atoms with E-state index in [1.807, 2.05) is 14.1 Å². The van der Waals surface area contributed by atoms with E-state index in [9.17, 15) is 0 Å². The van der Waals surface area contributed by atoms with Gasteiger partial charge in [-0.25, -0.2) is 0 Å². The summed E-state index contributed by atoms with van der Waals surface area (Å²) in [7, 11) is 4.00. The Labute approximate surface area is 141 Å². The van der Waals surface area contributed by atoms with Crippen LogP contribution in [-0.2, 0) is 19.3 Å². The van der Waals surface area contributed by atoms with Crippen LogP contribution in [0.1, 0.15) is 35.1 Å². The van der Waals surface area contributed by atoms with Gasteiger partial charge in [0.2, 0.25) is 0 Å². The second kappa shape index (κ2) is 9.49. The molecule has 0 radical (unpaired) electrons. The van der Waals surface area contributed by atoms with Crippen molar-refractivity contribution in [3.05, 3.63) is 70.8 Å². The molecule has 0 spiro atoms. The largest absolute Gasteiger partial charge is 0.319 e. The van der Waals surface area contributed by atoms with E-state index in [4.69, 9.17) is 0 Å². The molecule has 2 rings (SSSR count). The van der Waals surface area contributed by atoms with E-state index in [0.717, 1.165) is 32.4 Å². The topological polar surface area (TPSA) is 24.1 Å². The van der Waals surface area contributed by atoms with Crippen LogP contribution in [0.5, 0.6) is 0 Å². The minimum absolute atomic E-state index is 0.552. The van der Waals surface area contributed by atoms with Crippen LogP contribution in [0.4, 0.5) is 0 Å². The predicted octanol–water partition coefficient (Wildman–Crippen LogP) is 3.56. The van der Waals surface area contributed by atoms with Crippen LogP contribution in [0.25, 0.3) is 0 Å². The van der Waals surface area contributed by atoms with Crippen LogP contribution in [0.3, 0.4) is 0 Å². The quantitative estimate of drug-likeness (QED) is 0.740. The maximum absolute atomic E-state index is 3.20. The minimum atomic E-state index is 0.552. The smallest absolute Gasteiger partial charge is 0.00114 e. The highest BCUT2D eigenvalue weighted by atomic mass is 14.8. The van der Waals surface area contributed by atoms with E-state index in [-0.39, 0.29) is 0 Å². The third kappa shape index (κ3) is 5.81. The number of rotatable bonds is 9. The summed E-state index contributed by atoms with van der Waals surface area (Å²) in [6.45, 7) is 4.39. The SMILES string of the molecule is CNCCc1ccc(CC(C)c2ccc(CCNC)cc2)cc1. The highest BCUT2D eigenvalue weighted by Gasteiger charge is 2.07. The van der Waals surface area contributed by atoms with Crippen LogP contribution in [0.2, 0.25) is 0 Å². The lowest BCUT2D eigenvalue weighted by Crippen LogP contribution is -2.10. The molecular formula is C21H30N2. The fourth-order valence-corrected chi connectivity index (χ4v) is 2.86. The van der Waals surface area contributed by atoms with Gasteiger partial charge in [-0.1, -0.05) is 55.5 Å². The summed E-state index contributed by atoms with van der Waals surface area (Å²) in [5, 5.41) is 6.40. The molecule has 0 aliphatic carbocycles. The van der Waals surface area contributed by atoms with Crippen LogP contribution >= 0.6 is 0 Å². The van der Waals surface area contributed by atoms with Crippen molar-refractivity contribution in [1.29, 1.82) is 0 Å². The Balaban J connectivity index is 1.91. The maximum Gasteiger partial charge on any atom is -0.00114 e. The molecule has 1 unspecified atom stereocenters. The number of hydrogen-bond donors (Lipinski definition) is 2. The summed E-state index contributed by atoms with van der Waals surface area (Å²) in [6, 6.07) is 18.2. The molecule has 2 nitrogen and oxygen atoms in total. The average molecular weight is 310 g/mol. The predicted molar refractivity (Wildman–Crippen MR) is 100 cm³/mol. The first-order chi connectivity index (χ1) is 11.2. The number of hydrogen-bond acceptors (Lipinski definition) is 2. The Morgan fingerprint density at radius 2 is 1.13 bits per heavy atom. The van der Waals surface area contributed by atoms with E-state index in [2.05, 4.69) is 66.1 Å². The minimum Gasteiger partial charge on any atom is -0.319 e. The molecule has 124 valence electrons. The van der Waals surface area contributed by atoms with Gasteiger partial charge in [-0.15, -0.1) is 0 Å². The van der Waals surface area contributed by atoms with Crippen molar-refractivity contribution in [1.82, 2.24) is 10.6 Å². The van der Waals surface area contributed by atoms with Crippen molar-refractivity contribution in [2.24, 2.45) is 0 Å². The third-order valence-corrected chi connectivity index (χ3v) is 4.44. The monoisotopic (exact) mass is 310 g/mol. The average Bonchev–Trinajstić information content (AvgIpc) is 2.59. The van der Waals surface area contributed by atoms with Crippen LogP contribution in [0, 0.1) is 0 Å². The van der Waals surface area contributed by atoms with Gasteiger partial charge in [-0.2, -0.15) is 0 Å². The van der Waals surface area contributed by atoms with Crippen LogP contribution < -0.4 is 10.6 Å². The second-order valence-corrected chi connectivity index (χ2v) is 6.37. The molecule has 2 aromatic rings. The Morgan fingerprint density at radius 3 is 1.61 bits per heavy atom. The van der Waals surface area contributed by atoms with Gasteiger partial charge in [0.1, 0.15) is 0 Å². The van der Waals surface area contributed by atoms with Crippen molar-refractivity contribution in [2.75, 3.05) is 27.2 Å². The summed E-state index contributed by atoms with van der Waals surface area (Å²) in [5.41, 5.74) is 5.66. The first kappa shape index (κ1) is 17.7. The molecule has 1 atom stereocenters. The van der Waals surface area contributed by atoms with E-state index in [1.165, 1.54) is 22.3 Å². The van der Waals surface area contributed by atoms with Gasteiger partial charge in [0.15, 0.2) is 0 Å². The van der Waals surface area contributed by atoms with E-state index in [0.29, 0.717) is 5.92 Å². The van der Waals surface area contributed by atoms with Crippen molar-refractivity contribution in [2.45, 2.75) is 32.1 Å². The lowest BCUT2D eigenvalue weighted by Gasteiger charge is -2.13. The van der Waals surface area contributed by atoms with Gasteiger partial charge < -0.3 is 10.6 Å². The van der Waals surface area contributed by atoms with E-state index < -0.39 is 0 Å². The zero-order chi connectivity index (χ0) is 16.5. The molecule has 0 aliphatic rings. The number of benzene rings is 2. The molecule has 2 N–H and O–H groups in total. The molecule has 0 aliphatic heterocycles. The standard InChI is InChI=1S/C21H30N2/c1-17(21-10-8-19(9-11-21)13-15-23-3)16-20-6-4-18(5-7-20)12-14-22-2/h4-11,17,22-23H,12-16H2,1-3H3. The molecule has 23 heavy (non-hydrogen) atoms. The first-order valence-corrected chi connectivity index (χ1v) is 8.68. The molecule has 0 aromatic heterocycles. The zero-order valence-electron chi connectivity index (χ0n) is 14.7. The van der Waals surface area contributed by atoms with E-state index in [1.54, 1.807) is 0 Å². The van der Waals surface area contributed by atoms with Gasteiger partial charge in [0, 0.05) is 0 Å². The summed E-state index contributed by atoms with van der Waals surface area (Å²) in [6.07, 6.45) is 3.29. The normalized spacial score (nSPS) is 12.3. The number of nitrogens with one attached hydrogen (secondary N) is 2. The Kier molecular flexibility index (Phi) is 7.31. The molecule has 2 aromatic carbocycles. The molecule has 0 amide bonds. The van der Waals surface area contributed by atoms with Crippen molar-refractivity contribution in [3.8, 4) is 0 Å². The van der Waals surface area contributed by atoms with Gasteiger partial charge in [-0.05, 0) is 74.6 Å². The fraction of sp³-hybridized carbons (Fsp3) is 0.429. The van der Waals surface area contributed by atoms with Crippen molar-refractivity contribution in [3.63, 3.8) is 0 Å². The molecule has 0 saturated heterocycles. The van der Waals surface area contributed by atoms with Gasteiger partial charge in [0.25, 0.3) is 0 Å². The van der Waals surface area contributed by atoms with Gasteiger partial charge in [0.05, 0.1) is 0 Å². The molecule has 2 heteroatoms. The third-order valence-electron chi connectivity index (χ3n) is 4.44. The summed E-state index contributed by atoms with van der Waals surface area (Å²) in [5.74, 6) is 0.552. The summed E-state index contributed by atoms with van der Waals surface area (Å²) < 4.78 is 0. The lowest BCUT2D eigenvalue weighted by atomic mass is 9.92. The van der Waals surface area contributed by atoms with Crippen LogP contribution in [-0.4, -0.2) is 27.2 Å². The highest BCUT2D eigenvalue weighted by molar-refractivity contribution is 5.29. The van der Waals surface area contributed by atoms with Crippen LogP contribution in [0.15, 0.2) is 48.5 Å². The molecule has 0 saturated carbocycles. The number of likely N-dealkylation sites (N-methyl/N-ethyl adjacent to an activating group) is 2. The highest BCUT2D eigenvalue weighted by Crippen LogP contribution is 2.21. The van der Waals surface area contributed by atoms with Crippen molar-refractivity contribution >= 4 is 0 Å². The molecule has 0 bridgehead atoms. The van der Waals surface area contributed by atoms with Gasteiger partial charge >= 0.3 is 0 Å². The second-order valence-electron chi connectivity index (χ2n) is 6.37. The first-order valence-electron chi connectivity index (χ1n) is 8.68. The van der Waals surface area contributed by atoms with E-state index >= 15 is 0 Å². The Hall–Kier alpha value is -1.64. The summed E-state index contributed by atoms with van der Waals surface area (Å²) >= 11 is 0. The van der Waals surface area contributed by atoms with Gasteiger partial charge in [-0.3, -0.25) is 0 Å².